The molecule has 1 atom stereocenters. The second-order valence-corrected chi connectivity index (χ2v) is 3.82. The van der Waals surface area contributed by atoms with E-state index in [2.05, 4.69) is 0 Å². The molecule has 0 aliphatic carbocycles. The summed E-state index contributed by atoms with van der Waals surface area (Å²) in [6.45, 7) is -0.160. The summed E-state index contributed by atoms with van der Waals surface area (Å²) in [4.78, 5) is 9.83. The fourth-order valence-corrected chi connectivity index (χ4v) is 1.50. The van der Waals surface area contributed by atoms with Crippen molar-refractivity contribution in [3.63, 3.8) is 0 Å². The van der Waals surface area contributed by atoms with Crippen LogP contribution in [-0.4, -0.2) is 27.7 Å². The van der Waals surface area contributed by atoms with E-state index in [1.807, 2.05) is 0 Å². The van der Waals surface area contributed by atoms with Crippen LogP contribution in [0.4, 0.5) is 14.5 Å². The number of aliphatic hydroxyl groups is 1. The summed E-state index contributed by atoms with van der Waals surface area (Å²) >= 11 is 0. The summed E-state index contributed by atoms with van der Waals surface area (Å²) in [5, 5.41) is 28.8. The van der Waals surface area contributed by atoms with Gasteiger partial charge in [0.1, 0.15) is 12.6 Å². The van der Waals surface area contributed by atoms with Gasteiger partial charge in [0.05, 0.1) is 4.92 Å². The largest absolute Gasteiger partial charge is 0.502 e. The van der Waals surface area contributed by atoms with Crippen LogP contribution in [0, 0.1) is 17.0 Å². The van der Waals surface area contributed by atoms with E-state index in [9.17, 15) is 24.0 Å². The molecular weight excluding hydrogens is 286 g/mol. The second kappa shape index (κ2) is 6.09. The number of aliphatic hydroxyl groups excluding tert-OH is 1. The smallest absolute Gasteiger partial charge is 0.313 e. The van der Waals surface area contributed by atoms with Gasteiger partial charge in [0.2, 0.25) is 0 Å². The molecule has 1 rings (SSSR count). The van der Waals surface area contributed by atoms with E-state index in [4.69, 9.17) is 10.8 Å². The lowest BCUT2D eigenvalue weighted by atomic mass is 9.98. The third kappa shape index (κ3) is 3.28. The van der Waals surface area contributed by atoms with Gasteiger partial charge in [0, 0.05) is 11.1 Å². The molecule has 0 spiro atoms. The first-order chi connectivity index (χ1) is 8.22. The number of halogens is 3. The van der Waals surface area contributed by atoms with E-state index < -0.39 is 40.5 Å². The van der Waals surface area contributed by atoms with Crippen LogP contribution in [0.15, 0.2) is 12.1 Å². The van der Waals surface area contributed by atoms with Crippen molar-refractivity contribution in [3.05, 3.63) is 33.4 Å². The lowest BCUT2D eigenvalue weighted by Gasteiger charge is -2.22. The Bertz CT molecular complexity index is 485. The molecule has 6 nitrogen and oxygen atoms in total. The Morgan fingerprint density at radius 3 is 2.47 bits per heavy atom. The number of benzene rings is 1. The molecule has 4 N–H and O–H groups in total. The molecule has 1 aromatic rings. The standard InChI is InChI=1S/C10H12F2N2O4.ClH/c1-5-2-3-6(8(16)7(5)14(17)18)9(13)10(11,12)4-15;/h2-3,9,15-16H,4,13H2,1H3;1H/t9-;/m1./s1. The maximum atomic E-state index is 13.2. The van der Waals surface area contributed by atoms with Crippen LogP contribution in [0.5, 0.6) is 5.75 Å². The second-order valence-electron chi connectivity index (χ2n) is 3.82. The van der Waals surface area contributed by atoms with E-state index in [-0.39, 0.29) is 18.0 Å². The lowest BCUT2D eigenvalue weighted by molar-refractivity contribution is -0.386. The number of phenols is 1. The van der Waals surface area contributed by atoms with Crippen LogP contribution in [0.1, 0.15) is 17.2 Å². The highest BCUT2D eigenvalue weighted by atomic mass is 35.5. The van der Waals surface area contributed by atoms with Gasteiger partial charge in [-0.1, -0.05) is 12.1 Å². The zero-order valence-electron chi connectivity index (χ0n) is 9.84. The Morgan fingerprint density at radius 2 is 2.05 bits per heavy atom. The summed E-state index contributed by atoms with van der Waals surface area (Å²) in [7, 11) is 0. The minimum atomic E-state index is -3.68. The summed E-state index contributed by atoms with van der Waals surface area (Å²) in [6.07, 6.45) is 0. The van der Waals surface area contributed by atoms with Gasteiger partial charge >= 0.3 is 5.69 Å². The van der Waals surface area contributed by atoms with Crippen molar-refractivity contribution >= 4 is 18.1 Å². The van der Waals surface area contributed by atoms with Crippen LogP contribution in [0.3, 0.4) is 0 Å². The normalized spacial score (nSPS) is 12.7. The Labute approximate surface area is 113 Å². The minimum Gasteiger partial charge on any atom is -0.502 e. The monoisotopic (exact) mass is 298 g/mol. The lowest BCUT2D eigenvalue weighted by Crippen LogP contribution is -2.36. The average Bonchev–Trinajstić information content (AvgIpc) is 2.28. The molecule has 0 radical (unpaired) electrons. The molecular formula is C10H13ClF2N2O4. The Hall–Kier alpha value is -1.51. The number of nitrogens with zero attached hydrogens (tertiary/aromatic N) is 1. The highest BCUT2D eigenvalue weighted by Crippen LogP contribution is 2.40. The number of phenolic OH excluding ortho intramolecular Hbond substituents is 1. The molecule has 0 saturated carbocycles. The van der Waals surface area contributed by atoms with Crippen molar-refractivity contribution < 1.29 is 23.9 Å². The maximum absolute atomic E-state index is 13.2. The van der Waals surface area contributed by atoms with E-state index in [0.29, 0.717) is 0 Å². The first-order valence-electron chi connectivity index (χ1n) is 4.93. The number of rotatable bonds is 4. The molecule has 0 fully saturated rings. The molecule has 0 aliphatic rings. The number of nitrogens with two attached hydrogens (primary N) is 1. The van der Waals surface area contributed by atoms with Gasteiger partial charge in [-0.15, -0.1) is 12.4 Å². The van der Waals surface area contributed by atoms with Gasteiger partial charge in [-0.2, -0.15) is 0 Å². The van der Waals surface area contributed by atoms with Gasteiger partial charge in [-0.3, -0.25) is 10.1 Å². The zero-order chi connectivity index (χ0) is 14.1. The maximum Gasteiger partial charge on any atom is 0.313 e. The molecule has 108 valence electrons. The van der Waals surface area contributed by atoms with Crippen molar-refractivity contribution in [1.82, 2.24) is 0 Å². The number of hydrogen-bond acceptors (Lipinski definition) is 5. The Kier molecular flexibility index (Phi) is 5.61. The molecule has 0 aliphatic heterocycles. The van der Waals surface area contributed by atoms with E-state index >= 15 is 0 Å². The molecule has 0 unspecified atom stereocenters. The van der Waals surface area contributed by atoms with Crippen molar-refractivity contribution in [1.29, 1.82) is 0 Å². The number of nitro groups is 1. The van der Waals surface area contributed by atoms with E-state index in [0.717, 1.165) is 6.07 Å². The van der Waals surface area contributed by atoms with Gasteiger partial charge in [-0.05, 0) is 6.92 Å². The fourth-order valence-electron chi connectivity index (χ4n) is 1.50. The predicted molar refractivity (Wildman–Crippen MR) is 65.7 cm³/mol. The van der Waals surface area contributed by atoms with E-state index in [1.165, 1.54) is 13.0 Å². The van der Waals surface area contributed by atoms with Crippen LogP contribution >= 0.6 is 12.4 Å². The molecule has 0 amide bonds. The molecule has 19 heavy (non-hydrogen) atoms. The molecule has 9 heteroatoms. The van der Waals surface area contributed by atoms with Crippen LogP contribution in [0.2, 0.25) is 0 Å². The minimum absolute atomic E-state index is 0. The number of aromatic hydroxyl groups is 1. The average molecular weight is 299 g/mol. The third-order valence-electron chi connectivity index (χ3n) is 2.57. The highest BCUT2D eigenvalue weighted by Gasteiger charge is 2.40. The Balaban J connectivity index is 0.00000324. The van der Waals surface area contributed by atoms with Crippen molar-refractivity contribution in [2.45, 2.75) is 18.9 Å². The third-order valence-corrected chi connectivity index (χ3v) is 2.57. The topological polar surface area (TPSA) is 110 Å². The van der Waals surface area contributed by atoms with E-state index in [1.54, 1.807) is 0 Å². The van der Waals surface area contributed by atoms with Crippen molar-refractivity contribution in [2.75, 3.05) is 6.61 Å². The number of hydrogen-bond donors (Lipinski definition) is 3. The number of aryl methyl sites for hydroxylation is 1. The van der Waals surface area contributed by atoms with Crippen LogP contribution < -0.4 is 5.73 Å². The fraction of sp³-hybridized carbons (Fsp3) is 0.400. The van der Waals surface area contributed by atoms with Gasteiger partial charge in [0.15, 0.2) is 5.75 Å². The quantitative estimate of drug-likeness (QED) is 0.578. The summed E-state index contributed by atoms with van der Waals surface area (Å²) in [5.74, 6) is -4.58. The summed E-state index contributed by atoms with van der Waals surface area (Å²) in [6, 6.07) is 0.258. The molecule has 0 aromatic heterocycles. The molecule has 0 heterocycles. The molecule has 0 saturated heterocycles. The number of alkyl halides is 2. The van der Waals surface area contributed by atoms with Crippen LogP contribution in [0.25, 0.3) is 0 Å². The Morgan fingerprint density at radius 1 is 1.53 bits per heavy atom. The predicted octanol–water partition coefficient (Wildman–Crippen LogP) is 1.66. The first kappa shape index (κ1) is 17.5. The van der Waals surface area contributed by atoms with Crippen LogP contribution in [-0.2, 0) is 0 Å². The summed E-state index contributed by atoms with van der Waals surface area (Å²) in [5.41, 5.74) is 4.19. The summed E-state index contributed by atoms with van der Waals surface area (Å²) < 4.78 is 26.4. The highest BCUT2D eigenvalue weighted by molar-refractivity contribution is 5.85. The van der Waals surface area contributed by atoms with Gasteiger partial charge in [0.25, 0.3) is 5.92 Å². The van der Waals surface area contributed by atoms with Crippen molar-refractivity contribution in [3.8, 4) is 5.75 Å². The SMILES string of the molecule is Cc1ccc([C@@H](N)C(F)(F)CO)c(O)c1[N+](=O)[O-].Cl. The molecule has 1 aromatic carbocycles. The molecule has 0 bridgehead atoms. The van der Waals surface area contributed by atoms with Gasteiger partial charge < -0.3 is 15.9 Å². The van der Waals surface area contributed by atoms with Crippen molar-refractivity contribution in [2.24, 2.45) is 5.73 Å². The van der Waals surface area contributed by atoms with Gasteiger partial charge in [-0.25, -0.2) is 8.78 Å². The first-order valence-corrected chi connectivity index (χ1v) is 4.93. The zero-order valence-corrected chi connectivity index (χ0v) is 10.7. The number of nitro benzene ring substituents is 1.